The second-order valence-electron chi connectivity index (χ2n) is 9.18. The zero-order valence-corrected chi connectivity index (χ0v) is 20.2. The van der Waals surface area contributed by atoms with Crippen LogP contribution in [0.15, 0.2) is 60.7 Å². The van der Waals surface area contributed by atoms with Gasteiger partial charge in [0.05, 0.1) is 12.3 Å². The Kier molecular flexibility index (Phi) is 8.50. The summed E-state index contributed by atoms with van der Waals surface area (Å²) >= 11 is 0. The zero-order chi connectivity index (χ0) is 23.8. The molecule has 1 aliphatic heterocycles. The number of hydrogen-bond donors (Lipinski definition) is 1. The van der Waals surface area contributed by atoms with Gasteiger partial charge in [-0.25, -0.2) is 0 Å². The molecule has 1 aromatic heterocycles. The summed E-state index contributed by atoms with van der Waals surface area (Å²) in [5.41, 5.74) is 4.26. The van der Waals surface area contributed by atoms with E-state index < -0.39 is 0 Å². The van der Waals surface area contributed by atoms with Crippen molar-refractivity contribution in [3.05, 3.63) is 71.9 Å². The number of rotatable bonds is 11. The number of aliphatic hydroxyl groups excluding tert-OH is 1. The Bertz CT molecular complexity index is 1030. The molecule has 1 fully saturated rings. The summed E-state index contributed by atoms with van der Waals surface area (Å²) in [7, 11) is 2.08. The molecular formula is C28H35N3O3. The van der Waals surface area contributed by atoms with Crippen molar-refractivity contribution in [2.75, 3.05) is 33.4 Å². The molecule has 6 heteroatoms. The molecule has 1 N–H and O–H groups in total. The molecule has 1 saturated heterocycles. The molecule has 34 heavy (non-hydrogen) atoms. The van der Waals surface area contributed by atoms with Crippen LogP contribution in [0.25, 0.3) is 11.1 Å². The number of ether oxygens (including phenoxy) is 2. The highest BCUT2D eigenvalue weighted by Crippen LogP contribution is 2.29. The molecule has 2 heterocycles. The van der Waals surface area contributed by atoms with Gasteiger partial charge in [-0.15, -0.1) is 5.10 Å². The summed E-state index contributed by atoms with van der Waals surface area (Å²) in [5, 5.41) is 18.5. The predicted molar refractivity (Wildman–Crippen MR) is 134 cm³/mol. The topological polar surface area (TPSA) is 67.7 Å². The zero-order valence-electron chi connectivity index (χ0n) is 20.2. The van der Waals surface area contributed by atoms with E-state index in [9.17, 15) is 5.11 Å². The number of unbranched alkanes of at least 4 members (excludes halogenated alkanes) is 1. The van der Waals surface area contributed by atoms with Crippen LogP contribution in [0, 0.1) is 11.8 Å². The van der Waals surface area contributed by atoms with E-state index in [0.29, 0.717) is 25.0 Å². The quantitative estimate of drug-likeness (QED) is 0.450. The number of hydrogen-bond acceptors (Lipinski definition) is 6. The summed E-state index contributed by atoms with van der Waals surface area (Å²) in [6.07, 6.45) is 3.04. The van der Waals surface area contributed by atoms with Gasteiger partial charge >= 0.3 is 0 Å². The van der Waals surface area contributed by atoms with E-state index in [1.165, 1.54) is 0 Å². The molecule has 3 aromatic rings. The molecule has 0 spiro atoms. The maximum absolute atomic E-state index is 9.67. The molecule has 0 radical (unpaired) electrons. The second kappa shape index (κ2) is 12.0. The van der Waals surface area contributed by atoms with Crippen molar-refractivity contribution in [3.8, 4) is 22.8 Å². The lowest BCUT2D eigenvalue weighted by molar-refractivity contribution is 0.159. The Morgan fingerprint density at radius 1 is 0.971 bits per heavy atom. The van der Waals surface area contributed by atoms with Crippen LogP contribution in [0.1, 0.15) is 31.0 Å². The lowest BCUT2D eigenvalue weighted by atomic mass is 9.98. The molecule has 2 atom stereocenters. The second-order valence-corrected chi connectivity index (χ2v) is 9.18. The van der Waals surface area contributed by atoms with Gasteiger partial charge in [-0.05, 0) is 43.1 Å². The van der Waals surface area contributed by atoms with Crippen molar-refractivity contribution in [1.82, 2.24) is 15.1 Å². The van der Waals surface area contributed by atoms with Crippen LogP contribution in [0.4, 0.5) is 0 Å². The number of aliphatic hydroxyl groups is 1. The van der Waals surface area contributed by atoms with Gasteiger partial charge in [0, 0.05) is 43.2 Å². The highest BCUT2D eigenvalue weighted by Gasteiger charge is 2.30. The smallest absolute Gasteiger partial charge is 0.234 e. The van der Waals surface area contributed by atoms with Crippen LogP contribution in [-0.2, 0) is 13.0 Å². The minimum Gasteiger partial charge on any atom is -0.489 e. The van der Waals surface area contributed by atoms with Gasteiger partial charge < -0.3 is 19.5 Å². The molecule has 6 nitrogen and oxygen atoms in total. The van der Waals surface area contributed by atoms with Gasteiger partial charge in [-0.2, -0.15) is 5.10 Å². The monoisotopic (exact) mass is 461 g/mol. The lowest BCUT2D eigenvalue weighted by Gasteiger charge is -2.17. The molecule has 0 saturated carbocycles. The number of aryl methyl sites for hydroxylation is 1. The van der Waals surface area contributed by atoms with E-state index in [1.807, 2.05) is 36.4 Å². The van der Waals surface area contributed by atoms with Crippen molar-refractivity contribution in [2.45, 2.75) is 32.8 Å². The molecule has 0 amide bonds. The SMILES string of the molecule is CCCCc1nnc(OC[C@@H]2CN(C)C[C@H]2CO)cc1-c1ccc(OCc2ccccc2)cc1. The van der Waals surface area contributed by atoms with Crippen molar-refractivity contribution in [1.29, 1.82) is 0 Å². The number of benzene rings is 2. The first-order chi connectivity index (χ1) is 16.7. The molecule has 0 unspecified atom stereocenters. The summed E-state index contributed by atoms with van der Waals surface area (Å²) < 4.78 is 12.0. The van der Waals surface area contributed by atoms with E-state index in [2.05, 4.69) is 53.3 Å². The van der Waals surface area contributed by atoms with Gasteiger partial charge in [0.15, 0.2) is 0 Å². The Hall–Kier alpha value is -2.96. The number of nitrogens with zero attached hydrogens (tertiary/aromatic N) is 3. The van der Waals surface area contributed by atoms with E-state index in [-0.39, 0.29) is 12.5 Å². The fourth-order valence-corrected chi connectivity index (χ4v) is 4.48. The van der Waals surface area contributed by atoms with Gasteiger partial charge in [0.2, 0.25) is 5.88 Å². The Morgan fingerprint density at radius 3 is 2.47 bits per heavy atom. The van der Waals surface area contributed by atoms with Crippen molar-refractivity contribution in [2.24, 2.45) is 11.8 Å². The van der Waals surface area contributed by atoms with Gasteiger partial charge in [-0.1, -0.05) is 55.8 Å². The third kappa shape index (κ3) is 6.33. The molecule has 2 aromatic carbocycles. The maximum Gasteiger partial charge on any atom is 0.234 e. The summed E-state index contributed by atoms with van der Waals surface area (Å²) in [4.78, 5) is 2.24. The van der Waals surface area contributed by atoms with Gasteiger partial charge in [0.1, 0.15) is 12.4 Å². The molecule has 1 aliphatic rings. The van der Waals surface area contributed by atoms with Crippen LogP contribution in [-0.4, -0.2) is 53.6 Å². The van der Waals surface area contributed by atoms with Crippen LogP contribution >= 0.6 is 0 Å². The predicted octanol–water partition coefficient (Wildman–Crippen LogP) is 4.61. The highest BCUT2D eigenvalue weighted by molar-refractivity contribution is 5.67. The largest absolute Gasteiger partial charge is 0.489 e. The van der Waals surface area contributed by atoms with Crippen LogP contribution < -0.4 is 9.47 Å². The van der Waals surface area contributed by atoms with Crippen molar-refractivity contribution in [3.63, 3.8) is 0 Å². The number of likely N-dealkylation sites (tertiary alicyclic amines) is 1. The lowest BCUT2D eigenvalue weighted by Crippen LogP contribution is -2.23. The first kappa shape index (κ1) is 24.2. The van der Waals surface area contributed by atoms with E-state index in [1.54, 1.807) is 0 Å². The molecule has 0 bridgehead atoms. The highest BCUT2D eigenvalue weighted by atomic mass is 16.5. The fourth-order valence-electron chi connectivity index (χ4n) is 4.48. The van der Waals surface area contributed by atoms with E-state index in [0.717, 1.165) is 60.5 Å². The normalized spacial score (nSPS) is 18.2. The van der Waals surface area contributed by atoms with Gasteiger partial charge in [0.25, 0.3) is 0 Å². The Labute approximate surface area is 202 Å². The average molecular weight is 462 g/mol. The Morgan fingerprint density at radius 2 is 1.74 bits per heavy atom. The standard InChI is InChI=1S/C28H35N3O3/c1-3-4-10-27-26(15-28(30-29-27)34-20-24-17-31(2)16-23(24)18-32)22-11-13-25(14-12-22)33-19-21-8-6-5-7-9-21/h5-9,11-15,23-24,32H,3-4,10,16-20H2,1-2H3/t23-,24-/m0/s1. The van der Waals surface area contributed by atoms with Crippen molar-refractivity contribution >= 4 is 0 Å². The molecule has 0 aliphatic carbocycles. The third-order valence-electron chi connectivity index (χ3n) is 6.47. The third-order valence-corrected chi connectivity index (χ3v) is 6.47. The molecular weight excluding hydrogens is 426 g/mol. The molecule has 180 valence electrons. The number of aromatic nitrogens is 2. The fraction of sp³-hybridized carbons (Fsp3) is 0.429. The minimum atomic E-state index is 0.184. The van der Waals surface area contributed by atoms with Gasteiger partial charge in [-0.3, -0.25) is 0 Å². The summed E-state index contributed by atoms with van der Waals surface area (Å²) in [5.74, 6) is 1.90. The molecule has 4 rings (SSSR count). The van der Waals surface area contributed by atoms with E-state index in [4.69, 9.17) is 9.47 Å². The van der Waals surface area contributed by atoms with E-state index >= 15 is 0 Å². The summed E-state index contributed by atoms with van der Waals surface area (Å²) in [6.45, 7) is 5.26. The summed E-state index contributed by atoms with van der Waals surface area (Å²) in [6, 6.07) is 20.3. The minimum absolute atomic E-state index is 0.184. The van der Waals surface area contributed by atoms with Crippen LogP contribution in [0.3, 0.4) is 0 Å². The van der Waals surface area contributed by atoms with Crippen LogP contribution in [0.5, 0.6) is 11.6 Å². The van der Waals surface area contributed by atoms with Crippen molar-refractivity contribution < 1.29 is 14.6 Å². The first-order valence-corrected chi connectivity index (χ1v) is 12.2. The van der Waals surface area contributed by atoms with Crippen LogP contribution in [0.2, 0.25) is 0 Å². The maximum atomic E-state index is 9.67. The Balaban J connectivity index is 1.47. The average Bonchev–Trinajstić information content (AvgIpc) is 3.25. The first-order valence-electron chi connectivity index (χ1n) is 12.2.